The minimum atomic E-state index is -0.135. The molecule has 1 N–H and O–H groups in total. The maximum Gasteiger partial charge on any atom is 0.226 e. The molecular formula is C15H11Cl2N3O2S. The second-order valence-electron chi connectivity index (χ2n) is 4.63. The third-order valence-corrected chi connectivity index (χ3v) is 4.23. The summed E-state index contributed by atoms with van der Waals surface area (Å²) in [4.78, 5) is 20.0. The van der Waals surface area contributed by atoms with Gasteiger partial charge in [0.15, 0.2) is 16.8 Å². The zero-order valence-corrected chi connectivity index (χ0v) is 14.1. The average molecular weight is 368 g/mol. The molecule has 0 saturated carbocycles. The molecule has 8 heteroatoms. The van der Waals surface area contributed by atoms with Crippen LogP contribution >= 0.6 is 34.5 Å². The first-order chi connectivity index (χ1) is 11.1. The fourth-order valence-corrected chi connectivity index (χ4v) is 2.97. The Morgan fingerprint density at radius 2 is 2.17 bits per heavy atom. The molecule has 0 aliphatic heterocycles. The number of anilines is 1. The summed E-state index contributed by atoms with van der Waals surface area (Å²) in [6, 6.07) is 5.14. The lowest BCUT2D eigenvalue weighted by Gasteiger charge is -2.01. The molecule has 0 radical (unpaired) electrons. The van der Waals surface area contributed by atoms with Crippen molar-refractivity contribution in [3.63, 3.8) is 0 Å². The summed E-state index contributed by atoms with van der Waals surface area (Å²) in [6.07, 6.45) is 3.87. The van der Waals surface area contributed by atoms with Crippen LogP contribution in [0.4, 0.5) is 5.13 Å². The number of aryl methyl sites for hydroxylation is 1. The zero-order valence-electron chi connectivity index (χ0n) is 11.8. The van der Waals surface area contributed by atoms with Crippen LogP contribution in [-0.4, -0.2) is 15.9 Å². The number of nitrogens with one attached hydrogen (secondary N) is 1. The minimum Gasteiger partial charge on any atom is -0.441 e. The highest BCUT2D eigenvalue weighted by Gasteiger charge is 2.12. The maximum absolute atomic E-state index is 11.8. The molecule has 0 spiro atoms. The molecule has 2 heterocycles. The van der Waals surface area contributed by atoms with E-state index in [0.29, 0.717) is 38.8 Å². The third kappa shape index (κ3) is 4.10. The Hall–Kier alpha value is -1.89. The SMILES string of the molecule is O=C(CCc1ncc(-c2ccc(Cl)cc2Cl)o1)Nc1nccs1. The van der Waals surface area contributed by atoms with E-state index in [1.54, 1.807) is 36.0 Å². The summed E-state index contributed by atoms with van der Waals surface area (Å²) < 4.78 is 5.64. The summed E-state index contributed by atoms with van der Waals surface area (Å²) in [7, 11) is 0. The number of carbonyl (C=O) groups is 1. The van der Waals surface area contributed by atoms with Crippen molar-refractivity contribution in [2.45, 2.75) is 12.8 Å². The Labute approximate surface area is 146 Å². The molecule has 118 valence electrons. The molecule has 0 unspecified atom stereocenters. The second kappa shape index (κ2) is 7.12. The Balaban J connectivity index is 1.62. The topological polar surface area (TPSA) is 68.0 Å². The molecule has 5 nitrogen and oxygen atoms in total. The fraction of sp³-hybridized carbons (Fsp3) is 0.133. The van der Waals surface area contributed by atoms with E-state index in [1.165, 1.54) is 11.3 Å². The van der Waals surface area contributed by atoms with Crippen molar-refractivity contribution in [1.29, 1.82) is 0 Å². The maximum atomic E-state index is 11.8. The van der Waals surface area contributed by atoms with Gasteiger partial charge in [-0.1, -0.05) is 23.2 Å². The van der Waals surface area contributed by atoms with Gasteiger partial charge in [0, 0.05) is 35.0 Å². The normalized spacial score (nSPS) is 10.7. The molecule has 3 rings (SSSR count). The summed E-state index contributed by atoms with van der Waals surface area (Å²) in [6.45, 7) is 0. The molecule has 0 bridgehead atoms. The van der Waals surface area contributed by atoms with Crippen molar-refractivity contribution in [3.8, 4) is 11.3 Å². The van der Waals surface area contributed by atoms with Crippen LogP contribution in [-0.2, 0) is 11.2 Å². The van der Waals surface area contributed by atoms with Gasteiger partial charge in [0.25, 0.3) is 0 Å². The Kier molecular flexibility index (Phi) is 4.95. The van der Waals surface area contributed by atoms with Gasteiger partial charge in [-0.3, -0.25) is 4.79 Å². The highest BCUT2D eigenvalue weighted by atomic mass is 35.5. The highest BCUT2D eigenvalue weighted by molar-refractivity contribution is 7.13. The molecule has 0 aliphatic rings. The van der Waals surface area contributed by atoms with Gasteiger partial charge >= 0.3 is 0 Å². The summed E-state index contributed by atoms with van der Waals surface area (Å²) in [5.41, 5.74) is 0.710. The van der Waals surface area contributed by atoms with Crippen LogP contribution in [0.15, 0.2) is 40.4 Å². The van der Waals surface area contributed by atoms with E-state index in [4.69, 9.17) is 27.6 Å². The molecule has 1 aromatic carbocycles. The first-order valence-electron chi connectivity index (χ1n) is 6.71. The van der Waals surface area contributed by atoms with E-state index in [0.717, 1.165) is 0 Å². The number of halogens is 2. The van der Waals surface area contributed by atoms with Crippen LogP contribution in [0.5, 0.6) is 0 Å². The van der Waals surface area contributed by atoms with E-state index in [2.05, 4.69) is 15.3 Å². The first kappa shape index (κ1) is 16.0. The van der Waals surface area contributed by atoms with Crippen LogP contribution < -0.4 is 5.32 Å². The smallest absolute Gasteiger partial charge is 0.226 e. The van der Waals surface area contributed by atoms with Crippen LogP contribution in [0, 0.1) is 0 Å². The number of aromatic nitrogens is 2. The van der Waals surface area contributed by atoms with Crippen molar-refractivity contribution < 1.29 is 9.21 Å². The average Bonchev–Trinajstić information content (AvgIpc) is 3.17. The number of benzene rings is 1. The zero-order chi connectivity index (χ0) is 16.2. The van der Waals surface area contributed by atoms with Gasteiger partial charge in [0.1, 0.15) is 0 Å². The van der Waals surface area contributed by atoms with E-state index in [9.17, 15) is 4.79 Å². The van der Waals surface area contributed by atoms with Gasteiger partial charge in [-0.15, -0.1) is 11.3 Å². The van der Waals surface area contributed by atoms with Crippen molar-refractivity contribution >= 4 is 45.6 Å². The van der Waals surface area contributed by atoms with Crippen LogP contribution in [0.3, 0.4) is 0 Å². The monoisotopic (exact) mass is 367 g/mol. The van der Waals surface area contributed by atoms with Crippen molar-refractivity contribution in [3.05, 3.63) is 51.9 Å². The third-order valence-electron chi connectivity index (χ3n) is 2.99. The quantitative estimate of drug-likeness (QED) is 0.710. The molecule has 0 aliphatic carbocycles. The Morgan fingerprint density at radius 3 is 2.91 bits per heavy atom. The molecule has 0 atom stereocenters. The number of nitrogens with zero attached hydrogens (tertiary/aromatic N) is 2. The highest BCUT2D eigenvalue weighted by Crippen LogP contribution is 2.30. The predicted molar refractivity (Wildman–Crippen MR) is 91.0 cm³/mol. The van der Waals surface area contributed by atoms with E-state index in [-0.39, 0.29) is 12.3 Å². The van der Waals surface area contributed by atoms with Crippen LogP contribution in [0.25, 0.3) is 11.3 Å². The van der Waals surface area contributed by atoms with E-state index < -0.39 is 0 Å². The van der Waals surface area contributed by atoms with Gasteiger partial charge in [-0.05, 0) is 18.2 Å². The Morgan fingerprint density at radius 1 is 1.30 bits per heavy atom. The van der Waals surface area contributed by atoms with E-state index in [1.807, 2.05) is 0 Å². The lowest BCUT2D eigenvalue weighted by molar-refractivity contribution is -0.116. The van der Waals surface area contributed by atoms with Gasteiger partial charge in [0.2, 0.25) is 5.91 Å². The molecule has 3 aromatic rings. The van der Waals surface area contributed by atoms with Crippen molar-refractivity contribution in [2.75, 3.05) is 5.32 Å². The largest absolute Gasteiger partial charge is 0.441 e. The number of carbonyl (C=O) groups excluding carboxylic acids is 1. The number of thiazole rings is 1. The lowest BCUT2D eigenvalue weighted by Crippen LogP contribution is -2.12. The van der Waals surface area contributed by atoms with Gasteiger partial charge in [-0.25, -0.2) is 9.97 Å². The molecule has 0 saturated heterocycles. The van der Waals surface area contributed by atoms with Crippen LogP contribution in [0.2, 0.25) is 10.0 Å². The summed E-state index contributed by atoms with van der Waals surface area (Å²) >= 11 is 13.4. The fourth-order valence-electron chi connectivity index (χ4n) is 1.93. The predicted octanol–water partition coefficient (Wildman–Crippen LogP) is 4.68. The number of oxazole rings is 1. The van der Waals surface area contributed by atoms with Gasteiger partial charge in [-0.2, -0.15) is 0 Å². The summed E-state index contributed by atoms with van der Waals surface area (Å²) in [5.74, 6) is 0.881. The minimum absolute atomic E-state index is 0.135. The standard InChI is InChI=1S/C15H11Cl2N3O2S/c16-9-1-2-10(11(17)7-9)12-8-19-14(22-12)4-3-13(21)20-15-18-5-6-23-15/h1-2,5-8H,3-4H2,(H,18,20,21). The van der Waals surface area contributed by atoms with Crippen molar-refractivity contribution in [2.24, 2.45) is 0 Å². The number of hydrogen-bond acceptors (Lipinski definition) is 5. The van der Waals surface area contributed by atoms with Crippen LogP contribution in [0.1, 0.15) is 12.3 Å². The molecule has 23 heavy (non-hydrogen) atoms. The first-order valence-corrected chi connectivity index (χ1v) is 8.35. The van der Waals surface area contributed by atoms with E-state index >= 15 is 0 Å². The number of hydrogen-bond donors (Lipinski definition) is 1. The molecule has 1 amide bonds. The van der Waals surface area contributed by atoms with Gasteiger partial charge < -0.3 is 9.73 Å². The summed E-state index contributed by atoms with van der Waals surface area (Å²) in [5, 5.41) is 6.13. The second-order valence-corrected chi connectivity index (χ2v) is 6.37. The Bertz CT molecular complexity index is 818. The van der Waals surface area contributed by atoms with Crippen molar-refractivity contribution in [1.82, 2.24) is 9.97 Å². The molecule has 2 aromatic heterocycles. The van der Waals surface area contributed by atoms with Gasteiger partial charge in [0.05, 0.1) is 11.2 Å². The number of rotatable bonds is 5. The molecular weight excluding hydrogens is 357 g/mol. The molecule has 0 fully saturated rings. The lowest BCUT2D eigenvalue weighted by atomic mass is 10.2. The number of amides is 1.